The Hall–Kier alpha value is -0.0400. The summed E-state index contributed by atoms with van der Waals surface area (Å²) >= 11 is 6.70. The minimum Gasteiger partial charge on any atom is -0.297 e. The Morgan fingerprint density at radius 1 is 1.21 bits per heavy atom. The van der Waals surface area contributed by atoms with Crippen LogP contribution in [0.4, 0.5) is 0 Å². The molecule has 0 N–H and O–H groups in total. The molecule has 4 fully saturated rings. The van der Waals surface area contributed by atoms with Crippen molar-refractivity contribution in [1.29, 1.82) is 0 Å². The molecule has 1 nitrogen and oxygen atoms in total. The van der Waals surface area contributed by atoms with E-state index >= 15 is 0 Å². The molecule has 4 unspecified atom stereocenters. The van der Waals surface area contributed by atoms with Gasteiger partial charge in [0.2, 0.25) is 0 Å². The number of nitrogens with zero attached hydrogens (tertiary/aromatic N) is 1. The minimum atomic E-state index is 0.156. The van der Waals surface area contributed by atoms with Crippen molar-refractivity contribution in [3.63, 3.8) is 0 Å². The number of hydrogen-bond donors (Lipinski definition) is 0. The summed E-state index contributed by atoms with van der Waals surface area (Å²) in [4.78, 5) is 4.65. The molecule has 0 radical (unpaired) electrons. The first-order valence-corrected chi connectivity index (χ1v) is 6.21. The zero-order valence-electron chi connectivity index (χ0n) is 8.80. The number of hydrogen-bond acceptors (Lipinski definition) is 1. The van der Waals surface area contributed by atoms with Crippen LogP contribution in [0.2, 0.25) is 0 Å². The molecule has 0 aromatic heterocycles. The van der Waals surface area contributed by atoms with Gasteiger partial charge in [0.05, 0.1) is 0 Å². The van der Waals surface area contributed by atoms with Gasteiger partial charge in [-0.15, -0.1) is 11.6 Å². The summed E-state index contributed by atoms with van der Waals surface area (Å²) in [6.45, 7) is 0. The van der Waals surface area contributed by atoms with Gasteiger partial charge in [0.1, 0.15) is 0 Å². The first kappa shape index (κ1) is 9.21. The first-order chi connectivity index (χ1) is 6.68. The van der Waals surface area contributed by atoms with Gasteiger partial charge in [-0.25, -0.2) is 0 Å². The van der Waals surface area contributed by atoms with Crippen LogP contribution in [-0.2, 0) is 0 Å². The zero-order chi connectivity index (χ0) is 9.76. The SMILES string of the molecule is C/N=C1\CC2CC3CC1CC(Cl)(C2)C3. The lowest BCUT2D eigenvalue weighted by Crippen LogP contribution is -2.39. The molecule has 4 rings (SSSR count). The Kier molecular flexibility index (Phi) is 1.96. The molecule has 0 aromatic carbocycles. The van der Waals surface area contributed by atoms with E-state index in [0.29, 0.717) is 0 Å². The van der Waals surface area contributed by atoms with E-state index in [-0.39, 0.29) is 4.87 Å². The molecule has 2 heteroatoms. The number of rotatable bonds is 0. The molecule has 14 heavy (non-hydrogen) atoms. The molecule has 4 atom stereocenters. The average molecular weight is 212 g/mol. The largest absolute Gasteiger partial charge is 0.297 e. The van der Waals surface area contributed by atoms with E-state index in [2.05, 4.69) is 4.99 Å². The van der Waals surface area contributed by atoms with Gasteiger partial charge in [-0.05, 0) is 56.3 Å². The summed E-state index contributed by atoms with van der Waals surface area (Å²) in [6, 6.07) is 0. The molecule has 4 aliphatic carbocycles. The van der Waals surface area contributed by atoms with E-state index in [1.807, 2.05) is 7.05 Å². The summed E-state index contributed by atoms with van der Waals surface area (Å²) < 4.78 is 0. The van der Waals surface area contributed by atoms with E-state index in [1.165, 1.54) is 44.2 Å². The van der Waals surface area contributed by atoms with E-state index in [1.54, 1.807) is 0 Å². The van der Waals surface area contributed by atoms with Crippen LogP contribution in [0.15, 0.2) is 4.99 Å². The summed E-state index contributed by atoms with van der Waals surface area (Å²) in [6.07, 6.45) is 7.77. The van der Waals surface area contributed by atoms with Gasteiger partial charge in [0, 0.05) is 17.6 Å². The topological polar surface area (TPSA) is 12.4 Å². The van der Waals surface area contributed by atoms with E-state index in [0.717, 1.165) is 17.8 Å². The standard InChI is InChI=1S/C12H18ClN/c1-14-11-4-9-2-8-3-10(11)7-12(13,5-8)6-9/h8-10H,2-7H2,1H3/b14-11+. The van der Waals surface area contributed by atoms with E-state index in [9.17, 15) is 0 Å². The Morgan fingerprint density at radius 2 is 2.00 bits per heavy atom. The highest BCUT2D eigenvalue weighted by molar-refractivity contribution is 6.24. The maximum absolute atomic E-state index is 6.70. The average Bonchev–Trinajstić information content (AvgIpc) is 2.26. The Balaban J connectivity index is 1.99. The molecule has 0 aliphatic heterocycles. The number of fused-ring (bicyclic) bond motifs is 1. The van der Waals surface area contributed by atoms with Crippen molar-refractivity contribution in [2.24, 2.45) is 22.7 Å². The molecule has 4 saturated carbocycles. The molecule has 78 valence electrons. The minimum absolute atomic E-state index is 0.156. The van der Waals surface area contributed by atoms with Gasteiger partial charge in [0.15, 0.2) is 0 Å². The first-order valence-electron chi connectivity index (χ1n) is 5.83. The molecule has 0 spiro atoms. The second-order valence-corrected chi connectivity index (χ2v) is 6.38. The van der Waals surface area contributed by atoms with Crippen LogP contribution < -0.4 is 0 Å². The van der Waals surface area contributed by atoms with Gasteiger partial charge >= 0.3 is 0 Å². The molecule has 4 aliphatic rings. The van der Waals surface area contributed by atoms with Crippen LogP contribution in [0.25, 0.3) is 0 Å². The van der Waals surface area contributed by atoms with Gasteiger partial charge < -0.3 is 0 Å². The molecule has 0 saturated heterocycles. The fourth-order valence-electron chi connectivity index (χ4n) is 4.18. The quantitative estimate of drug-likeness (QED) is 0.546. The highest BCUT2D eigenvalue weighted by Crippen LogP contribution is 2.55. The Morgan fingerprint density at radius 3 is 2.71 bits per heavy atom. The second-order valence-electron chi connectivity index (χ2n) is 5.58. The number of aliphatic imine (C=N–C) groups is 1. The van der Waals surface area contributed by atoms with Crippen molar-refractivity contribution in [3.8, 4) is 0 Å². The third kappa shape index (κ3) is 1.32. The van der Waals surface area contributed by atoms with E-state index in [4.69, 9.17) is 11.6 Å². The van der Waals surface area contributed by atoms with Crippen LogP contribution >= 0.6 is 11.6 Å². The lowest BCUT2D eigenvalue weighted by molar-refractivity contribution is 0.159. The third-order valence-corrected chi connectivity index (χ3v) is 4.92. The van der Waals surface area contributed by atoms with Crippen LogP contribution in [0, 0.1) is 17.8 Å². The summed E-state index contributed by atoms with van der Waals surface area (Å²) in [5, 5.41) is 0. The number of alkyl halides is 1. The predicted molar refractivity (Wildman–Crippen MR) is 60.1 cm³/mol. The third-order valence-electron chi connectivity index (χ3n) is 4.46. The summed E-state index contributed by atoms with van der Waals surface area (Å²) in [7, 11) is 1.96. The Labute approximate surface area is 90.9 Å². The van der Waals surface area contributed by atoms with Crippen molar-refractivity contribution in [1.82, 2.24) is 0 Å². The van der Waals surface area contributed by atoms with Crippen LogP contribution in [0.1, 0.15) is 38.5 Å². The molecule has 4 bridgehead atoms. The molecular weight excluding hydrogens is 194 g/mol. The molecule has 0 heterocycles. The number of halogens is 1. The Bertz CT molecular complexity index is 286. The highest BCUT2D eigenvalue weighted by Gasteiger charge is 2.49. The normalized spacial score (nSPS) is 53.9. The lowest BCUT2D eigenvalue weighted by atomic mass is 9.67. The van der Waals surface area contributed by atoms with Crippen LogP contribution in [0.3, 0.4) is 0 Å². The predicted octanol–water partition coefficient (Wildman–Crippen LogP) is 3.26. The summed E-state index contributed by atoms with van der Waals surface area (Å²) in [5.41, 5.74) is 1.47. The van der Waals surface area contributed by atoms with Crippen LogP contribution in [0.5, 0.6) is 0 Å². The fraction of sp³-hybridized carbons (Fsp3) is 0.917. The lowest BCUT2D eigenvalue weighted by Gasteiger charge is -2.44. The highest BCUT2D eigenvalue weighted by atomic mass is 35.5. The maximum Gasteiger partial charge on any atom is 0.0458 e. The molecule has 0 amide bonds. The molecule has 0 aromatic rings. The maximum atomic E-state index is 6.70. The van der Waals surface area contributed by atoms with E-state index < -0.39 is 0 Å². The summed E-state index contributed by atoms with van der Waals surface area (Å²) in [5.74, 6) is 2.48. The van der Waals surface area contributed by atoms with Gasteiger partial charge in [-0.3, -0.25) is 4.99 Å². The van der Waals surface area contributed by atoms with Crippen molar-refractivity contribution < 1.29 is 0 Å². The molecular formula is C12H18ClN. The zero-order valence-corrected chi connectivity index (χ0v) is 9.56. The van der Waals surface area contributed by atoms with Crippen LogP contribution in [-0.4, -0.2) is 17.6 Å². The smallest absolute Gasteiger partial charge is 0.0458 e. The fourth-order valence-corrected chi connectivity index (χ4v) is 4.80. The monoisotopic (exact) mass is 211 g/mol. The van der Waals surface area contributed by atoms with Crippen molar-refractivity contribution in [3.05, 3.63) is 0 Å². The van der Waals surface area contributed by atoms with Crippen molar-refractivity contribution in [2.75, 3.05) is 7.05 Å². The van der Waals surface area contributed by atoms with Gasteiger partial charge in [-0.1, -0.05) is 0 Å². The van der Waals surface area contributed by atoms with Crippen molar-refractivity contribution >= 4 is 17.3 Å². The van der Waals surface area contributed by atoms with Crippen molar-refractivity contribution in [2.45, 2.75) is 43.4 Å². The van der Waals surface area contributed by atoms with Gasteiger partial charge in [0.25, 0.3) is 0 Å². The van der Waals surface area contributed by atoms with Gasteiger partial charge in [-0.2, -0.15) is 0 Å². The second kappa shape index (κ2) is 2.98.